The number of primary amides is 1. The number of benzene rings is 1. The number of likely N-dealkylation sites (tertiary alicyclic amines) is 1. The lowest BCUT2D eigenvalue weighted by molar-refractivity contribution is 0.0638. The number of hydrogen-bond acceptors (Lipinski definition) is 9. The number of aryl methyl sites for hydroxylation is 1. The van der Waals surface area contributed by atoms with Gasteiger partial charge in [0, 0.05) is 33.8 Å². The lowest BCUT2D eigenvalue weighted by Gasteiger charge is -2.22. The highest BCUT2D eigenvalue weighted by molar-refractivity contribution is 7.21. The van der Waals surface area contributed by atoms with Crippen LogP contribution in [0.25, 0.3) is 20.3 Å². The van der Waals surface area contributed by atoms with E-state index in [1.165, 1.54) is 22.7 Å². The van der Waals surface area contributed by atoms with Crippen molar-refractivity contribution in [3.05, 3.63) is 51.8 Å². The summed E-state index contributed by atoms with van der Waals surface area (Å²) >= 11 is 2.68. The van der Waals surface area contributed by atoms with Crippen LogP contribution in [0.15, 0.2) is 36.5 Å². The fourth-order valence-corrected chi connectivity index (χ4v) is 6.42. The summed E-state index contributed by atoms with van der Waals surface area (Å²) in [5.74, 6) is 0.201. The number of carbonyl (C=O) groups is 3. The van der Waals surface area contributed by atoms with Crippen molar-refractivity contribution in [2.45, 2.75) is 25.8 Å². The average Bonchev–Trinajstić information content (AvgIpc) is 3.54. The van der Waals surface area contributed by atoms with Crippen LogP contribution in [0.5, 0.6) is 11.5 Å². The van der Waals surface area contributed by atoms with Crippen molar-refractivity contribution in [2.24, 2.45) is 5.73 Å². The maximum Gasteiger partial charge on any atom is 0.412 e. The minimum absolute atomic E-state index is 0.0457. The number of ether oxygens (including phenoxy) is 2. The zero-order valence-corrected chi connectivity index (χ0v) is 20.3. The molecule has 1 aliphatic rings. The SMILES string of the molecule is Cc1sc2cc(Oc3ccnc4cc(C(=O)N5CCCC5CO)sc34)ccc2c1C(=O)OC(N)=O. The molecule has 1 atom stereocenters. The molecule has 0 radical (unpaired) electrons. The zero-order valence-electron chi connectivity index (χ0n) is 18.6. The molecule has 3 aromatic heterocycles. The summed E-state index contributed by atoms with van der Waals surface area (Å²) in [6.45, 7) is 2.35. The first-order chi connectivity index (χ1) is 16.9. The summed E-state index contributed by atoms with van der Waals surface area (Å²) in [6.07, 6.45) is 2.14. The van der Waals surface area contributed by atoms with E-state index < -0.39 is 12.1 Å². The van der Waals surface area contributed by atoms with E-state index >= 15 is 0 Å². The van der Waals surface area contributed by atoms with Crippen molar-refractivity contribution in [1.29, 1.82) is 0 Å². The third-order valence-corrected chi connectivity index (χ3v) is 8.09. The van der Waals surface area contributed by atoms with E-state index in [9.17, 15) is 19.5 Å². The van der Waals surface area contributed by atoms with Crippen LogP contribution in [0.2, 0.25) is 0 Å². The highest BCUT2D eigenvalue weighted by atomic mass is 32.1. The van der Waals surface area contributed by atoms with Crippen molar-refractivity contribution in [3.8, 4) is 11.5 Å². The van der Waals surface area contributed by atoms with Gasteiger partial charge in [0.1, 0.15) is 11.5 Å². The minimum atomic E-state index is -1.15. The van der Waals surface area contributed by atoms with Gasteiger partial charge in [-0.1, -0.05) is 0 Å². The Kier molecular flexibility index (Phi) is 6.13. The van der Waals surface area contributed by atoms with Crippen LogP contribution in [0.3, 0.4) is 0 Å². The van der Waals surface area contributed by atoms with Gasteiger partial charge in [-0.25, -0.2) is 9.59 Å². The number of thiophene rings is 2. The molecule has 0 bridgehead atoms. The number of amides is 2. The quantitative estimate of drug-likeness (QED) is 0.299. The van der Waals surface area contributed by atoms with Crippen LogP contribution in [0.1, 0.15) is 37.7 Å². The van der Waals surface area contributed by atoms with Gasteiger partial charge in [-0.2, -0.15) is 0 Å². The Labute approximate surface area is 207 Å². The number of rotatable bonds is 5. The topological polar surface area (TPSA) is 132 Å². The first-order valence-corrected chi connectivity index (χ1v) is 12.5. The molecule has 35 heavy (non-hydrogen) atoms. The predicted molar refractivity (Wildman–Crippen MR) is 132 cm³/mol. The predicted octanol–water partition coefficient (Wildman–Crippen LogP) is 4.44. The first-order valence-electron chi connectivity index (χ1n) is 10.9. The average molecular weight is 512 g/mol. The van der Waals surface area contributed by atoms with Crippen molar-refractivity contribution in [1.82, 2.24) is 9.88 Å². The molecule has 180 valence electrons. The summed E-state index contributed by atoms with van der Waals surface area (Å²) in [5, 5.41) is 10.2. The van der Waals surface area contributed by atoms with Crippen LogP contribution in [0, 0.1) is 6.92 Å². The number of fused-ring (bicyclic) bond motifs is 2. The standard InChI is InChI=1S/C24H21N3O6S2/c1-12-20(23(30)33-24(25)31)15-5-4-14(9-18(15)34-12)32-17-6-7-26-16-10-19(35-21(16)17)22(29)27-8-2-3-13(27)11-28/h4-7,9-10,13,28H,2-3,8,11H2,1H3,(H2,25,31). The van der Waals surface area contributed by atoms with E-state index in [0.29, 0.717) is 44.3 Å². The van der Waals surface area contributed by atoms with E-state index in [1.807, 2.05) is 0 Å². The second-order valence-electron chi connectivity index (χ2n) is 8.11. The monoisotopic (exact) mass is 511 g/mol. The highest BCUT2D eigenvalue weighted by Gasteiger charge is 2.30. The third kappa shape index (κ3) is 4.33. The Morgan fingerprint density at radius 2 is 2.06 bits per heavy atom. The number of aromatic nitrogens is 1. The number of pyridine rings is 1. The maximum absolute atomic E-state index is 13.0. The minimum Gasteiger partial charge on any atom is -0.456 e. The van der Waals surface area contributed by atoms with Crippen molar-refractivity contribution in [2.75, 3.05) is 13.2 Å². The molecule has 9 nitrogen and oxygen atoms in total. The molecule has 0 saturated carbocycles. The van der Waals surface area contributed by atoms with E-state index in [2.05, 4.69) is 9.72 Å². The van der Waals surface area contributed by atoms with Gasteiger partial charge in [-0.15, -0.1) is 22.7 Å². The summed E-state index contributed by atoms with van der Waals surface area (Å²) in [6, 6.07) is 8.59. The molecule has 5 rings (SSSR count). The summed E-state index contributed by atoms with van der Waals surface area (Å²) in [5.41, 5.74) is 5.93. The largest absolute Gasteiger partial charge is 0.456 e. The summed E-state index contributed by atoms with van der Waals surface area (Å²) < 4.78 is 12.2. The smallest absolute Gasteiger partial charge is 0.412 e. The number of aliphatic hydroxyl groups excluding tert-OH is 1. The zero-order chi connectivity index (χ0) is 24.7. The first kappa shape index (κ1) is 23.2. The van der Waals surface area contributed by atoms with Crippen molar-refractivity contribution in [3.63, 3.8) is 0 Å². The number of carbonyl (C=O) groups excluding carboxylic acids is 3. The molecule has 4 heterocycles. The lowest BCUT2D eigenvalue weighted by Crippen LogP contribution is -2.37. The van der Waals surface area contributed by atoms with Gasteiger partial charge < -0.3 is 25.2 Å². The Morgan fingerprint density at radius 1 is 1.23 bits per heavy atom. The summed E-state index contributed by atoms with van der Waals surface area (Å²) in [4.78, 5) is 43.7. The van der Waals surface area contributed by atoms with E-state index in [4.69, 9.17) is 10.5 Å². The third-order valence-electron chi connectivity index (χ3n) is 5.90. The number of nitrogens with two attached hydrogens (primary N) is 1. The van der Waals surface area contributed by atoms with E-state index in [0.717, 1.165) is 22.2 Å². The number of hydrogen-bond donors (Lipinski definition) is 2. The van der Waals surface area contributed by atoms with E-state index in [1.54, 1.807) is 48.4 Å². The molecule has 11 heteroatoms. The van der Waals surface area contributed by atoms with Gasteiger partial charge in [0.15, 0.2) is 0 Å². The molecular weight excluding hydrogens is 490 g/mol. The molecule has 1 aliphatic heterocycles. The van der Waals surface area contributed by atoms with Gasteiger partial charge in [-0.05, 0) is 44.0 Å². The van der Waals surface area contributed by atoms with E-state index in [-0.39, 0.29) is 18.6 Å². The number of nitrogens with zero attached hydrogens (tertiary/aromatic N) is 2. The Balaban J connectivity index is 1.44. The second kappa shape index (κ2) is 9.25. The van der Waals surface area contributed by atoms with Gasteiger partial charge in [0.25, 0.3) is 5.91 Å². The van der Waals surface area contributed by atoms with Gasteiger partial charge >= 0.3 is 12.1 Å². The number of esters is 1. The molecule has 1 fully saturated rings. The van der Waals surface area contributed by atoms with Crippen LogP contribution in [-0.2, 0) is 4.74 Å². The Bertz CT molecular complexity index is 1480. The van der Waals surface area contributed by atoms with Gasteiger partial charge in [-0.3, -0.25) is 9.78 Å². The second-order valence-corrected chi connectivity index (χ2v) is 10.4. The van der Waals surface area contributed by atoms with Crippen LogP contribution in [-0.4, -0.2) is 52.2 Å². The number of aliphatic hydroxyl groups is 1. The molecule has 1 saturated heterocycles. The Hall–Kier alpha value is -3.54. The Morgan fingerprint density at radius 3 is 2.83 bits per heavy atom. The molecule has 0 spiro atoms. The fraction of sp³-hybridized carbons (Fsp3) is 0.250. The molecule has 3 N–H and O–H groups in total. The molecule has 4 aromatic rings. The molecule has 1 unspecified atom stereocenters. The molecule has 0 aliphatic carbocycles. The maximum atomic E-state index is 13.0. The van der Waals surface area contributed by atoms with Crippen LogP contribution in [0.4, 0.5) is 4.79 Å². The fourth-order valence-electron chi connectivity index (χ4n) is 4.32. The molecule has 1 aromatic carbocycles. The van der Waals surface area contributed by atoms with Gasteiger partial charge in [0.05, 0.1) is 33.3 Å². The highest BCUT2D eigenvalue weighted by Crippen LogP contribution is 2.39. The molecular formula is C24H21N3O6S2. The van der Waals surface area contributed by atoms with Gasteiger partial charge in [0.2, 0.25) is 0 Å². The molecule has 2 amide bonds. The van der Waals surface area contributed by atoms with Crippen molar-refractivity contribution >= 4 is 60.9 Å². The lowest BCUT2D eigenvalue weighted by atomic mass is 10.1. The van der Waals surface area contributed by atoms with Crippen LogP contribution >= 0.6 is 22.7 Å². The normalized spacial score (nSPS) is 15.6. The van der Waals surface area contributed by atoms with Crippen molar-refractivity contribution < 1.29 is 29.0 Å². The summed E-state index contributed by atoms with van der Waals surface area (Å²) in [7, 11) is 0. The van der Waals surface area contributed by atoms with Crippen LogP contribution < -0.4 is 10.5 Å².